The van der Waals surface area contributed by atoms with Crippen molar-refractivity contribution in [1.82, 2.24) is 4.90 Å². The van der Waals surface area contributed by atoms with E-state index in [1.807, 2.05) is 24.3 Å². The average molecular weight is 384 g/mol. The summed E-state index contributed by atoms with van der Waals surface area (Å²) in [7, 11) is 1.60. The number of methoxy groups -OCH3 is 1. The molecule has 1 amide bonds. The Morgan fingerprint density at radius 1 is 1.30 bits per heavy atom. The van der Waals surface area contributed by atoms with Crippen molar-refractivity contribution < 1.29 is 14.5 Å². The standard InChI is InChI=1S/C18H16N4O4S/c1-26-16-7-5-13(6-8-16)11-21-17(23)12-27-18(21)20-19-10-14-3-2-4-15(9-14)22(24)25/h2-10H,11-12H2,1H3/b19-10+,20-18-. The Hall–Kier alpha value is -3.20. The Kier molecular flexibility index (Phi) is 5.82. The van der Waals surface area contributed by atoms with Gasteiger partial charge in [0.25, 0.3) is 5.69 Å². The minimum Gasteiger partial charge on any atom is -0.497 e. The number of benzene rings is 2. The van der Waals surface area contributed by atoms with E-state index in [-0.39, 0.29) is 11.6 Å². The largest absolute Gasteiger partial charge is 0.497 e. The molecule has 27 heavy (non-hydrogen) atoms. The molecule has 138 valence electrons. The van der Waals surface area contributed by atoms with E-state index in [1.165, 1.54) is 30.1 Å². The van der Waals surface area contributed by atoms with Gasteiger partial charge in [0.05, 0.1) is 30.5 Å². The van der Waals surface area contributed by atoms with E-state index in [4.69, 9.17) is 4.74 Å². The third kappa shape index (κ3) is 4.70. The fourth-order valence-corrected chi connectivity index (χ4v) is 3.24. The van der Waals surface area contributed by atoms with Crippen molar-refractivity contribution in [3.63, 3.8) is 0 Å². The summed E-state index contributed by atoms with van der Waals surface area (Å²) in [5.74, 6) is 1.01. The number of nitro benzene ring substituents is 1. The third-order valence-electron chi connectivity index (χ3n) is 3.79. The molecule has 8 nitrogen and oxygen atoms in total. The normalized spacial score (nSPS) is 15.7. The number of amides is 1. The highest BCUT2D eigenvalue weighted by Crippen LogP contribution is 2.23. The van der Waals surface area contributed by atoms with Crippen molar-refractivity contribution in [2.75, 3.05) is 12.9 Å². The predicted molar refractivity (Wildman–Crippen MR) is 104 cm³/mol. The molecule has 0 saturated carbocycles. The van der Waals surface area contributed by atoms with Crippen LogP contribution in [0.3, 0.4) is 0 Å². The third-order valence-corrected chi connectivity index (χ3v) is 4.74. The lowest BCUT2D eigenvalue weighted by Gasteiger charge is -2.15. The molecule has 0 atom stereocenters. The molecular formula is C18H16N4O4S. The SMILES string of the molecule is COc1ccc(CN2C(=O)CS/C2=N\N=C\c2cccc([N+](=O)[O-])c2)cc1. The van der Waals surface area contributed by atoms with Crippen LogP contribution in [0.2, 0.25) is 0 Å². The van der Waals surface area contributed by atoms with E-state index in [2.05, 4.69) is 10.2 Å². The lowest BCUT2D eigenvalue weighted by Crippen LogP contribution is -2.28. The van der Waals surface area contributed by atoms with Crippen LogP contribution in [0.1, 0.15) is 11.1 Å². The molecule has 9 heteroatoms. The Bertz CT molecular complexity index is 912. The van der Waals surface area contributed by atoms with E-state index >= 15 is 0 Å². The average Bonchev–Trinajstić information content (AvgIpc) is 3.02. The van der Waals surface area contributed by atoms with Crippen LogP contribution in [-0.4, -0.2) is 40.0 Å². The van der Waals surface area contributed by atoms with Crippen molar-refractivity contribution in [3.8, 4) is 5.75 Å². The molecule has 2 aromatic rings. The van der Waals surface area contributed by atoms with Gasteiger partial charge in [-0.1, -0.05) is 36.0 Å². The second-order valence-corrected chi connectivity index (χ2v) is 6.54. The van der Waals surface area contributed by atoms with Crippen LogP contribution in [0.25, 0.3) is 0 Å². The van der Waals surface area contributed by atoms with E-state index in [0.717, 1.165) is 11.3 Å². The molecule has 0 unspecified atom stereocenters. The Labute approximate surface area is 159 Å². The maximum Gasteiger partial charge on any atom is 0.270 e. The number of non-ortho nitro benzene ring substituents is 1. The molecule has 1 heterocycles. The zero-order chi connectivity index (χ0) is 19.2. The molecule has 3 rings (SSSR count). The molecule has 0 bridgehead atoms. The molecule has 0 aliphatic carbocycles. The minimum atomic E-state index is -0.467. The zero-order valence-corrected chi connectivity index (χ0v) is 15.3. The van der Waals surface area contributed by atoms with Crippen LogP contribution < -0.4 is 4.74 Å². The van der Waals surface area contributed by atoms with Gasteiger partial charge in [-0.2, -0.15) is 5.10 Å². The quantitative estimate of drug-likeness (QED) is 0.433. The first kappa shape index (κ1) is 18.6. The Morgan fingerprint density at radius 2 is 2.07 bits per heavy atom. The van der Waals surface area contributed by atoms with Gasteiger partial charge in [0, 0.05) is 17.7 Å². The molecule has 1 fully saturated rings. The first-order valence-electron chi connectivity index (χ1n) is 7.98. The summed E-state index contributed by atoms with van der Waals surface area (Å²) in [6.07, 6.45) is 1.43. The van der Waals surface area contributed by atoms with Crippen molar-refractivity contribution in [2.24, 2.45) is 10.2 Å². The van der Waals surface area contributed by atoms with Gasteiger partial charge in [-0.25, -0.2) is 0 Å². The highest BCUT2D eigenvalue weighted by molar-refractivity contribution is 8.15. The van der Waals surface area contributed by atoms with Gasteiger partial charge in [-0.05, 0) is 17.7 Å². The number of rotatable bonds is 6. The molecule has 1 aliphatic heterocycles. The fourth-order valence-electron chi connectivity index (χ4n) is 2.40. The molecule has 2 aromatic carbocycles. The first-order chi connectivity index (χ1) is 13.1. The molecule has 1 saturated heterocycles. The van der Waals surface area contributed by atoms with Gasteiger partial charge < -0.3 is 4.74 Å². The van der Waals surface area contributed by atoms with E-state index in [0.29, 0.717) is 23.0 Å². The van der Waals surface area contributed by atoms with Crippen LogP contribution in [0, 0.1) is 10.1 Å². The van der Waals surface area contributed by atoms with E-state index < -0.39 is 4.92 Å². The van der Waals surface area contributed by atoms with Crippen molar-refractivity contribution >= 4 is 34.7 Å². The topological polar surface area (TPSA) is 97.4 Å². The zero-order valence-electron chi connectivity index (χ0n) is 14.4. The van der Waals surface area contributed by atoms with Gasteiger partial charge in [0.15, 0.2) is 5.17 Å². The minimum absolute atomic E-state index is 0.0156. The molecule has 0 aromatic heterocycles. The van der Waals surface area contributed by atoms with Crippen molar-refractivity contribution in [3.05, 3.63) is 69.8 Å². The summed E-state index contributed by atoms with van der Waals surface area (Å²) < 4.78 is 5.13. The van der Waals surface area contributed by atoms with Crippen LogP contribution in [0.4, 0.5) is 5.69 Å². The number of hydrogen-bond acceptors (Lipinski definition) is 7. The number of nitrogens with zero attached hydrogens (tertiary/aromatic N) is 4. The monoisotopic (exact) mass is 384 g/mol. The number of nitro groups is 1. The number of hydrogen-bond donors (Lipinski definition) is 0. The van der Waals surface area contributed by atoms with Crippen molar-refractivity contribution in [2.45, 2.75) is 6.54 Å². The summed E-state index contributed by atoms with van der Waals surface area (Å²) in [5, 5.41) is 19.4. The maximum absolute atomic E-state index is 12.1. The molecule has 0 N–H and O–H groups in total. The predicted octanol–water partition coefficient (Wildman–Crippen LogP) is 3.07. The number of carbonyl (C=O) groups is 1. The number of amidine groups is 1. The highest BCUT2D eigenvalue weighted by atomic mass is 32.2. The Morgan fingerprint density at radius 3 is 2.78 bits per heavy atom. The smallest absolute Gasteiger partial charge is 0.270 e. The molecule has 1 aliphatic rings. The second-order valence-electron chi connectivity index (χ2n) is 5.60. The van der Waals surface area contributed by atoms with E-state index in [1.54, 1.807) is 24.1 Å². The molecular weight excluding hydrogens is 368 g/mol. The summed E-state index contributed by atoms with van der Waals surface area (Å²) in [4.78, 5) is 24.0. The van der Waals surface area contributed by atoms with Crippen molar-refractivity contribution in [1.29, 1.82) is 0 Å². The number of ether oxygens (including phenoxy) is 1. The Balaban J connectivity index is 1.72. The van der Waals surface area contributed by atoms with Crippen LogP contribution >= 0.6 is 11.8 Å². The van der Waals surface area contributed by atoms with Gasteiger partial charge in [-0.15, -0.1) is 5.10 Å². The van der Waals surface area contributed by atoms with Gasteiger partial charge in [-0.3, -0.25) is 19.8 Å². The molecule has 0 spiro atoms. The fraction of sp³-hybridized carbons (Fsp3) is 0.167. The summed E-state index contributed by atoms with van der Waals surface area (Å²) >= 11 is 1.31. The van der Waals surface area contributed by atoms with Crippen LogP contribution in [0.15, 0.2) is 58.7 Å². The molecule has 0 radical (unpaired) electrons. The maximum atomic E-state index is 12.1. The van der Waals surface area contributed by atoms with Gasteiger partial charge in [0.1, 0.15) is 5.75 Å². The number of thioether (sulfide) groups is 1. The van der Waals surface area contributed by atoms with E-state index in [9.17, 15) is 14.9 Å². The van der Waals surface area contributed by atoms with Crippen LogP contribution in [0.5, 0.6) is 5.75 Å². The lowest BCUT2D eigenvalue weighted by atomic mass is 10.2. The van der Waals surface area contributed by atoms with Gasteiger partial charge >= 0.3 is 0 Å². The number of carbonyl (C=O) groups excluding carboxylic acids is 1. The lowest BCUT2D eigenvalue weighted by molar-refractivity contribution is -0.384. The summed E-state index contributed by atoms with van der Waals surface area (Å²) in [5.41, 5.74) is 1.49. The summed E-state index contributed by atoms with van der Waals surface area (Å²) in [6, 6.07) is 13.5. The first-order valence-corrected chi connectivity index (χ1v) is 8.97. The van der Waals surface area contributed by atoms with Crippen LogP contribution in [-0.2, 0) is 11.3 Å². The highest BCUT2D eigenvalue weighted by Gasteiger charge is 2.28. The second kappa shape index (κ2) is 8.45. The summed E-state index contributed by atoms with van der Waals surface area (Å²) in [6.45, 7) is 0.390. The van der Waals surface area contributed by atoms with Gasteiger partial charge in [0.2, 0.25) is 5.91 Å².